The SMILES string of the molecule is CCCNC(=O)C(C)n1ccc2cccc(Cl)c21. The van der Waals surface area contributed by atoms with E-state index in [-0.39, 0.29) is 11.9 Å². The van der Waals surface area contributed by atoms with Crippen molar-refractivity contribution in [1.29, 1.82) is 0 Å². The van der Waals surface area contributed by atoms with Gasteiger partial charge in [-0.05, 0) is 25.5 Å². The molecule has 2 aromatic rings. The lowest BCUT2D eigenvalue weighted by Crippen LogP contribution is -2.31. The number of carbonyl (C=O) groups excluding carboxylic acids is 1. The Morgan fingerprint density at radius 1 is 1.44 bits per heavy atom. The molecule has 4 heteroatoms. The Morgan fingerprint density at radius 2 is 2.22 bits per heavy atom. The molecule has 0 fully saturated rings. The van der Waals surface area contributed by atoms with Crippen LogP contribution < -0.4 is 5.32 Å². The molecule has 1 aromatic heterocycles. The zero-order chi connectivity index (χ0) is 13.1. The molecule has 1 amide bonds. The fourth-order valence-corrected chi connectivity index (χ4v) is 2.30. The summed E-state index contributed by atoms with van der Waals surface area (Å²) in [7, 11) is 0. The standard InChI is InChI=1S/C14H17ClN2O/c1-3-8-16-14(18)10(2)17-9-7-11-5-4-6-12(15)13(11)17/h4-7,9-10H,3,8H2,1-2H3,(H,16,18). The monoisotopic (exact) mass is 264 g/mol. The highest BCUT2D eigenvalue weighted by Gasteiger charge is 2.16. The number of hydrogen-bond donors (Lipinski definition) is 1. The number of rotatable bonds is 4. The number of amides is 1. The van der Waals surface area contributed by atoms with E-state index in [1.54, 1.807) is 0 Å². The number of carbonyl (C=O) groups is 1. The number of hydrogen-bond acceptors (Lipinski definition) is 1. The van der Waals surface area contributed by atoms with Crippen molar-refractivity contribution in [1.82, 2.24) is 9.88 Å². The Bertz CT molecular complexity index is 562. The minimum Gasteiger partial charge on any atom is -0.354 e. The maximum absolute atomic E-state index is 12.0. The third-order valence-corrected chi connectivity index (χ3v) is 3.34. The van der Waals surface area contributed by atoms with Crippen LogP contribution in [-0.2, 0) is 4.79 Å². The van der Waals surface area contributed by atoms with Crippen molar-refractivity contribution in [2.45, 2.75) is 26.3 Å². The predicted molar refractivity (Wildman–Crippen MR) is 75.0 cm³/mol. The molecule has 1 atom stereocenters. The zero-order valence-corrected chi connectivity index (χ0v) is 11.4. The molecule has 0 saturated heterocycles. The molecule has 1 N–H and O–H groups in total. The first-order chi connectivity index (χ1) is 8.65. The van der Waals surface area contributed by atoms with Crippen molar-refractivity contribution in [2.24, 2.45) is 0 Å². The Balaban J connectivity index is 2.33. The lowest BCUT2D eigenvalue weighted by atomic mass is 10.2. The summed E-state index contributed by atoms with van der Waals surface area (Å²) in [6.45, 7) is 4.62. The summed E-state index contributed by atoms with van der Waals surface area (Å²) < 4.78 is 1.92. The molecule has 0 aliphatic heterocycles. The molecule has 2 rings (SSSR count). The Labute approximate surface area is 112 Å². The van der Waals surface area contributed by atoms with Gasteiger partial charge in [-0.1, -0.05) is 30.7 Å². The molecule has 1 unspecified atom stereocenters. The summed E-state index contributed by atoms with van der Waals surface area (Å²) in [5, 5.41) is 4.63. The number of fused-ring (bicyclic) bond motifs is 1. The van der Waals surface area contributed by atoms with E-state index >= 15 is 0 Å². The normalized spacial score (nSPS) is 12.6. The molecule has 0 aliphatic rings. The van der Waals surface area contributed by atoms with Gasteiger partial charge in [0.25, 0.3) is 0 Å². The van der Waals surface area contributed by atoms with Crippen LogP contribution in [0.25, 0.3) is 10.9 Å². The smallest absolute Gasteiger partial charge is 0.242 e. The first-order valence-electron chi connectivity index (χ1n) is 6.18. The van der Waals surface area contributed by atoms with E-state index in [1.807, 2.05) is 48.9 Å². The number of halogens is 1. The lowest BCUT2D eigenvalue weighted by Gasteiger charge is -2.15. The van der Waals surface area contributed by atoms with Gasteiger partial charge in [-0.2, -0.15) is 0 Å². The van der Waals surface area contributed by atoms with Crippen molar-refractivity contribution >= 4 is 28.4 Å². The van der Waals surface area contributed by atoms with Gasteiger partial charge < -0.3 is 9.88 Å². The van der Waals surface area contributed by atoms with Crippen LogP contribution in [0.3, 0.4) is 0 Å². The minimum atomic E-state index is -0.256. The molecule has 1 heterocycles. The fraction of sp³-hybridized carbons (Fsp3) is 0.357. The van der Waals surface area contributed by atoms with Crippen molar-refractivity contribution in [3.8, 4) is 0 Å². The third-order valence-electron chi connectivity index (χ3n) is 3.04. The quantitative estimate of drug-likeness (QED) is 0.903. The molecule has 3 nitrogen and oxygen atoms in total. The maximum Gasteiger partial charge on any atom is 0.242 e. The van der Waals surface area contributed by atoms with Gasteiger partial charge in [0.2, 0.25) is 5.91 Å². The zero-order valence-electron chi connectivity index (χ0n) is 10.6. The first-order valence-corrected chi connectivity index (χ1v) is 6.55. The molecule has 1 aromatic carbocycles. The molecule has 0 bridgehead atoms. The minimum absolute atomic E-state index is 0.0225. The van der Waals surface area contributed by atoms with Crippen molar-refractivity contribution < 1.29 is 4.79 Å². The van der Waals surface area contributed by atoms with Gasteiger partial charge in [-0.3, -0.25) is 4.79 Å². The summed E-state index contributed by atoms with van der Waals surface area (Å²) in [5.41, 5.74) is 0.915. The second kappa shape index (κ2) is 5.44. The lowest BCUT2D eigenvalue weighted by molar-refractivity contribution is -0.123. The van der Waals surface area contributed by atoms with Crippen LogP contribution in [-0.4, -0.2) is 17.0 Å². The van der Waals surface area contributed by atoms with E-state index in [1.165, 1.54) is 0 Å². The summed E-state index contributed by atoms with van der Waals surface area (Å²) in [6, 6.07) is 7.47. The van der Waals surface area contributed by atoms with E-state index in [9.17, 15) is 4.79 Å². The average Bonchev–Trinajstić information content (AvgIpc) is 2.80. The van der Waals surface area contributed by atoms with E-state index in [0.29, 0.717) is 11.6 Å². The number of benzene rings is 1. The van der Waals surface area contributed by atoms with Crippen LogP contribution in [0.15, 0.2) is 30.5 Å². The number of para-hydroxylation sites is 1. The van der Waals surface area contributed by atoms with Crippen molar-refractivity contribution in [3.63, 3.8) is 0 Å². The molecule has 0 spiro atoms. The van der Waals surface area contributed by atoms with E-state index in [0.717, 1.165) is 17.3 Å². The van der Waals surface area contributed by atoms with E-state index in [4.69, 9.17) is 11.6 Å². The van der Waals surface area contributed by atoms with Gasteiger partial charge in [0.1, 0.15) is 6.04 Å². The molecule has 0 saturated carbocycles. The second-order valence-electron chi connectivity index (χ2n) is 4.37. The predicted octanol–water partition coefficient (Wildman–Crippen LogP) is 3.38. The van der Waals surface area contributed by atoms with Gasteiger partial charge in [0.05, 0.1) is 10.5 Å². The number of aromatic nitrogens is 1. The van der Waals surface area contributed by atoms with Crippen molar-refractivity contribution in [3.05, 3.63) is 35.5 Å². The molecule has 0 aliphatic carbocycles. The third kappa shape index (κ3) is 2.36. The number of nitrogens with one attached hydrogen (secondary N) is 1. The Kier molecular flexibility index (Phi) is 3.92. The molecule has 0 radical (unpaired) electrons. The molecular weight excluding hydrogens is 248 g/mol. The summed E-state index contributed by atoms with van der Waals surface area (Å²) in [6.07, 6.45) is 2.85. The summed E-state index contributed by atoms with van der Waals surface area (Å²) >= 11 is 6.20. The fourth-order valence-electron chi connectivity index (χ4n) is 2.02. The second-order valence-corrected chi connectivity index (χ2v) is 4.77. The molecule has 96 valence electrons. The highest BCUT2D eigenvalue weighted by atomic mass is 35.5. The highest BCUT2D eigenvalue weighted by Crippen LogP contribution is 2.27. The van der Waals surface area contributed by atoms with Crippen LogP contribution >= 0.6 is 11.6 Å². The topological polar surface area (TPSA) is 34.0 Å². The van der Waals surface area contributed by atoms with Crippen LogP contribution in [0.1, 0.15) is 26.3 Å². The van der Waals surface area contributed by atoms with Crippen LogP contribution in [0.5, 0.6) is 0 Å². The van der Waals surface area contributed by atoms with Gasteiger partial charge in [0, 0.05) is 18.1 Å². The van der Waals surface area contributed by atoms with E-state index < -0.39 is 0 Å². The first kappa shape index (κ1) is 13.0. The van der Waals surface area contributed by atoms with Gasteiger partial charge >= 0.3 is 0 Å². The van der Waals surface area contributed by atoms with Crippen LogP contribution in [0.4, 0.5) is 0 Å². The Hall–Kier alpha value is -1.48. The van der Waals surface area contributed by atoms with Crippen molar-refractivity contribution in [2.75, 3.05) is 6.54 Å². The van der Waals surface area contributed by atoms with E-state index in [2.05, 4.69) is 5.32 Å². The Morgan fingerprint density at radius 3 is 2.94 bits per heavy atom. The van der Waals surface area contributed by atoms with Gasteiger partial charge in [-0.25, -0.2) is 0 Å². The highest BCUT2D eigenvalue weighted by molar-refractivity contribution is 6.35. The van der Waals surface area contributed by atoms with Crippen LogP contribution in [0.2, 0.25) is 5.02 Å². The summed E-state index contributed by atoms with van der Waals surface area (Å²) in [4.78, 5) is 12.0. The van der Waals surface area contributed by atoms with Gasteiger partial charge in [-0.15, -0.1) is 0 Å². The number of nitrogens with zero attached hydrogens (tertiary/aromatic N) is 1. The molecular formula is C14H17ClN2O. The van der Waals surface area contributed by atoms with Crippen LogP contribution in [0, 0.1) is 0 Å². The molecule has 18 heavy (non-hydrogen) atoms. The maximum atomic E-state index is 12.0. The largest absolute Gasteiger partial charge is 0.354 e. The van der Waals surface area contributed by atoms with Gasteiger partial charge in [0.15, 0.2) is 0 Å². The summed E-state index contributed by atoms with van der Waals surface area (Å²) in [5.74, 6) is 0.0225. The average molecular weight is 265 g/mol.